The first-order valence-corrected chi connectivity index (χ1v) is 7.79. The molecule has 2 rings (SSSR count). The summed E-state index contributed by atoms with van der Waals surface area (Å²) < 4.78 is 24.2. The van der Waals surface area contributed by atoms with E-state index in [0.717, 1.165) is 18.1 Å². The van der Waals surface area contributed by atoms with E-state index in [-0.39, 0.29) is 4.90 Å². The lowest BCUT2D eigenvalue weighted by molar-refractivity contribution is 0.598. The number of anilines is 1. The van der Waals surface area contributed by atoms with Crippen molar-refractivity contribution in [1.29, 1.82) is 0 Å². The molecule has 1 aromatic heterocycles. The van der Waals surface area contributed by atoms with Gasteiger partial charge in [0.25, 0.3) is 0 Å². The molecule has 0 aliphatic carbocycles. The molecule has 0 radical (unpaired) electrons. The minimum absolute atomic E-state index is 0.0207. The van der Waals surface area contributed by atoms with Crippen molar-refractivity contribution in [3.63, 3.8) is 0 Å². The Hall–Kier alpha value is -1.93. The van der Waals surface area contributed by atoms with E-state index in [4.69, 9.17) is 10.9 Å². The van der Waals surface area contributed by atoms with Crippen molar-refractivity contribution in [1.82, 2.24) is 14.8 Å². The molecule has 4 N–H and O–H groups in total. The third kappa shape index (κ3) is 2.66. The standard InChI is InChI=1S/C12H17N5O2S/c1-3-11-15-12(4-2)17(16-11)10-6-5-8(7-9(10)13)20(14,18)19/h5-7H,3-4,13H2,1-2H3,(H2,14,18,19). The van der Waals surface area contributed by atoms with Crippen LogP contribution in [0.25, 0.3) is 5.69 Å². The van der Waals surface area contributed by atoms with Gasteiger partial charge in [-0.1, -0.05) is 13.8 Å². The highest BCUT2D eigenvalue weighted by Gasteiger charge is 2.14. The molecule has 8 heteroatoms. The molecule has 2 aromatic rings. The molecule has 0 aliphatic heterocycles. The van der Waals surface area contributed by atoms with Crippen molar-refractivity contribution in [3.8, 4) is 5.69 Å². The second kappa shape index (κ2) is 5.22. The number of rotatable bonds is 4. The zero-order chi connectivity index (χ0) is 14.9. The molecule has 0 saturated carbocycles. The number of benzene rings is 1. The Morgan fingerprint density at radius 2 is 1.95 bits per heavy atom. The van der Waals surface area contributed by atoms with Crippen molar-refractivity contribution in [3.05, 3.63) is 29.8 Å². The van der Waals surface area contributed by atoms with Gasteiger partial charge in [0.2, 0.25) is 10.0 Å². The number of hydrogen-bond donors (Lipinski definition) is 2. The van der Waals surface area contributed by atoms with E-state index >= 15 is 0 Å². The van der Waals surface area contributed by atoms with E-state index in [0.29, 0.717) is 17.8 Å². The van der Waals surface area contributed by atoms with Gasteiger partial charge in [-0.2, -0.15) is 5.10 Å². The summed E-state index contributed by atoms with van der Waals surface area (Å²) in [5, 5.41) is 9.45. The van der Waals surface area contributed by atoms with Crippen molar-refractivity contribution in [2.75, 3.05) is 5.73 Å². The van der Waals surface area contributed by atoms with Crippen LogP contribution in [0.4, 0.5) is 5.69 Å². The Labute approximate surface area is 117 Å². The monoisotopic (exact) mass is 295 g/mol. The summed E-state index contributed by atoms with van der Waals surface area (Å²) in [5.74, 6) is 1.49. The van der Waals surface area contributed by atoms with Gasteiger partial charge in [-0.3, -0.25) is 0 Å². The minimum Gasteiger partial charge on any atom is -0.397 e. The molecule has 20 heavy (non-hydrogen) atoms. The van der Waals surface area contributed by atoms with Gasteiger partial charge >= 0.3 is 0 Å². The van der Waals surface area contributed by atoms with Gasteiger partial charge in [-0.15, -0.1) is 0 Å². The molecule has 1 aromatic carbocycles. The summed E-state index contributed by atoms with van der Waals surface area (Å²) in [6.07, 6.45) is 1.42. The van der Waals surface area contributed by atoms with E-state index in [1.165, 1.54) is 12.1 Å². The van der Waals surface area contributed by atoms with Crippen molar-refractivity contribution in [2.24, 2.45) is 5.14 Å². The first-order valence-electron chi connectivity index (χ1n) is 6.24. The SMILES string of the molecule is CCc1nc(CC)n(-c2ccc(S(N)(=O)=O)cc2N)n1. The Kier molecular flexibility index (Phi) is 3.78. The number of aryl methyl sites for hydroxylation is 2. The van der Waals surface area contributed by atoms with Crippen LogP contribution in [0.2, 0.25) is 0 Å². The smallest absolute Gasteiger partial charge is 0.238 e. The second-order valence-corrected chi connectivity index (χ2v) is 5.89. The highest BCUT2D eigenvalue weighted by atomic mass is 32.2. The average molecular weight is 295 g/mol. The van der Waals surface area contributed by atoms with E-state index < -0.39 is 10.0 Å². The van der Waals surface area contributed by atoms with Crippen LogP contribution in [0.5, 0.6) is 0 Å². The lowest BCUT2D eigenvalue weighted by Gasteiger charge is -2.09. The van der Waals surface area contributed by atoms with Crippen LogP contribution in [0.1, 0.15) is 25.5 Å². The van der Waals surface area contributed by atoms with Crippen LogP contribution in [0.15, 0.2) is 23.1 Å². The molecule has 0 spiro atoms. The molecular weight excluding hydrogens is 278 g/mol. The predicted molar refractivity (Wildman–Crippen MR) is 75.9 cm³/mol. The zero-order valence-corrected chi connectivity index (χ0v) is 12.2. The zero-order valence-electron chi connectivity index (χ0n) is 11.4. The molecule has 0 atom stereocenters. The van der Waals surface area contributed by atoms with Crippen LogP contribution < -0.4 is 10.9 Å². The first-order chi connectivity index (χ1) is 9.36. The Morgan fingerprint density at radius 3 is 2.45 bits per heavy atom. The number of nitrogens with two attached hydrogens (primary N) is 2. The Balaban J connectivity index is 2.56. The molecular formula is C12H17N5O2S. The highest BCUT2D eigenvalue weighted by Crippen LogP contribution is 2.22. The fourth-order valence-electron chi connectivity index (χ4n) is 1.87. The molecule has 108 valence electrons. The predicted octanol–water partition coefficient (Wildman–Crippen LogP) is 0.622. The lowest BCUT2D eigenvalue weighted by atomic mass is 10.2. The fourth-order valence-corrected chi connectivity index (χ4v) is 2.41. The number of nitrogen functional groups attached to an aromatic ring is 1. The highest BCUT2D eigenvalue weighted by molar-refractivity contribution is 7.89. The summed E-state index contributed by atoms with van der Waals surface area (Å²) in [7, 11) is -3.76. The first kappa shape index (κ1) is 14.5. The van der Waals surface area contributed by atoms with Gasteiger partial charge in [0.1, 0.15) is 5.82 Å². The van der Waals surface area contributed by atoms with Crippen molar-refractivity contribution in [2.45, 2.75) is 31.6 Å². The Morgan fingerprint density at radius 1 is 1.25 bits per heavy atom. The van der Waals surface area contributed by atoms with Gasteiger partial charge in [0, 0.05) is 12.8 Å². The minimum atomic E-state index is -3.76. The number of primary sulfonamides is 1. The summed E-state index contributed by atoms with van der Waals surface area (Å²) in [5.41, 5.74) is 6.80. The van der Waals surface area contributed by atoms with E-state index in [2.05, 4.69) is 10.1 Å². The Bertz CT molecular complexity index is 736. The summed E-state index contributed by atoms with van der Waals surface area (Å²) >= 11 is 0. The van der Waals surface area contributed by atoms with E-state index in [9.17, 15) is 8.42 Å². The molecule has 1 heterocycles. The molecule has 7 nitrogen and oxygen atoms in total. The number of hydrogen-bond acceptors (Lipinski definition) is 5. The van der Waals surface area contributed by atoms with Crippen molar-refractivity contribution >= 4 is 15.7 Å². The van der Waals surface area contributed by atoms with Gasteiger partial charge < -0.3 is 5.73 Å². The molecule has 0 fully saturated rings. The van der Waals surface area contributed by atoms with Gasteiger partial charge in [-0.25, -0.2) is 23.2 Å². The molecule has 0 unspecified atom stereocenters. The molecule has 0 saturated heterocycles. The largest absolute Gasteiger partial charge is 0.397 e. The summed E-state index contributed by atoms with van der Waals surface area (Å²) in [4.78, 5) is 4.37. The topological polar surface area (TPSA) is 117 Å². The molecule has 0 bridgehead atoms. The normalized spacial score (nSPS) is 11.8. The van der Waals surface area contributed by atoms with Gasteiger partial charge in [0.15, 0.2) is 5.82 Å². The van der Waals surface area contributed by atoms with Gasteiger partial charge in [-0.05, 0) is 18.2 Å². The van der Waals surface area contributed by atoms with Crippen LogP contribution >= 0.6 is 0 Å². The maximum Gasteiger partial charge on any atom is 0.238 e. The maximum atomic E-state index is 11.3. The third-order valence-electron chi connectivity index (χ3n) is 2.91. The average Bonchev–Trinajstić information content (AvgIpc) is 2.80. The quantitative estimate of drug-likeness (QED) is 0.802. The molecule has 0 amide bonds. The maximum absolute atomic E-state index is 11.3. The van der Waals surface area contributed by atoms with Gasteiger partial charge in [0.05, 0.1) is 16.3 Å². The molecule has 0 aliphatic rings. The third-order valence-corrected chi connectivity index (χ3v) is 3.82. The number of aromatic nitrogens is 3. The van der Waals surface area contributed by atoms with Crippen LogP contribution in [-0.4, -0.2) is 23.2 Å². The van der Waals surface area contributed by atoms with Crippen molar-refractivity contribution < 1.29 is 8.42 Å². The van der Waals surface area contributed by atoms with Crippen LogP contribution in [0, 0.1) is 0 Å². The summed E-state index contributed by atoms with van der Waals surface area (Å²) in [6.45, 7) is 3.93. The number of sulfonamides is 1. The van der Waals surface area contributed by atoms with E-state index in [1.54, 1.807) is 10.7 Å². The van der Waals surface area contributed by atoms with Crippen LogP contribution in [-0.2, 0) is 22.9 Å². The number of nitrogens with zero attached hydrogens (tertiary/aromatic N) is 3. The lowest BCUT2D eigenvalue weighted by Crippen LogP contribution is -2.13. The fraction of sp³-hybridized carbons (Fsp3) is 0.333. The second-order valence-electron chi connectivity index (χ2n) is 4.33. The van der Waals surface area contributed by atoms with Crippen LogP contribution in [0.3, 0.4) is 0 Å². The summed E-state index contributed by atoms with van der Waals surface area (Å²) in [6, 6.07) is 4.33. The van der Waals surface area contributed by atoms with E-state index in [1.807, 2.05) is 13.8 Å².